The summed E-state index contributed by atoms with van der Waals surface area (Å²) in [7, 11) is 2.04. The van der Waals surface area contributed by atoms with Crippen molar-refractivity contribution < 1.29 is 4.74 Å². The van der Waals surface area contributed by atoms with Gasteiger partial charge < -0.3 is 4.74 Å². The molecule has 138 valence electrons. The number of thiophene rings is 1. The molecule has 0 fully saturated rings. The van der Waals surface area contributed by atoms with Gasteiger partial charge in [0.1, 0.15) is 5.75 Å². The number of ether oxygens (including phenoxy) is 1. The van der Waals surface area contributed by atoms with Crippen LogP contribution in [-0.2, 0) is 26.2 Å². The molecule has 0 radical (unpaired) electrons. The van der Waals surface area contributed by atoms with Crippen LogP contribution in [-0.4, -0.2) is 38.3 Å². The first-order valence-electron chi connectivity index (χ1n) is 8.59. The van der Waals surface area contributed by atoms with E-state index >= 15 is 0 Å². The Bertz CT molecular complexity index is 855. The van der Waals surface area contributed by atoms with Gasteiger partial charge in [-0.1, -0.05) is 18.2 Å². The first-order valence-corrected chi connectivity index (χ1v) is 9.87. The highest BCUT2D eigenvalue weighted by Crippen LogP contribution is 2.13. The van der Waals surface area contributed by atoms with E-state index in [0.29, 0.717) is 18.0 Å². The molecule has 0 saturated carbocycles. The molecule has 2 aromatic heterocycles. The number of tetrazole rings is 1. The summed E-state index contributed by atoms with van der Waals surface area (Å²) in [6.07, 6.45) is 0.923. The molecular formula is C18H23N5OS2. The van der Waals surface area contributed by atoms with E-state index in [4.69, 9.17) is 17.0 Å². The number of nitrogens with zero attached hydrogens (tertiary/aromatic N) is 5. The van der Waals surface area contributed by atoms with Gasteiger partial charge in [-0.15, -0.1) is 11.3 Å². The SMILES string of the molecule is CCOc1ccc(CN(C)Cn2nnn(CCc3cccs3)c2=S)cc1. The molecule has 0 aliphatic heterocycles. The van der Waals surface area contributed by atoms with Gasteiger partial charge in [-0.3, -0.25) is 4.90 Å². The molecule has 0 amide bonds. The van der Waals surface area contributed by atoms with Gasteiger partial charge in [-0.2, -0.15) is 0 Å². The van der Waals surface area contributed by atoms with Crippen molar-refractivity contribution in [3.8, 4) is 5.75 Å². The molecule has 26 heavy (non-hydrogen) atoms. The summed E-state index contributed by atoms with van der Waals surface area (Å²) in [6, 6.07) is 12.4. The number of aromatic nitrogens is 4. The lowest BCUT2D eigenvalue weighted by Gasteiger charge is -2.16. The van der Waals surface area contributed by atoms with E-state index in [1.165, 1.54) is 10.4 Å². The zero-order valence-electron chi connectivity index (χ0n) is 15.0. The first-order chi connectivity index (χ1) is 12.7. The predicted octanol–water partition coefficient (Wildman–Crippen LogP) is 3.60. The third kappa shape index (κ3) is 5.00. The molecule has 1 aromatic carbocycles. The van der Waals surface area contributed by atoms with E-state index in [-0.39, 0.29) is 0 Å². The normalized spacial score (nSPS) is 11.2. The van der Waals surface area contributed by atoms with Gasteiger partial charge in [0.15, 0.2) is 0 Å². The Morgan fingerprint density at radius 1 is 1.15 bits per heavy atom. The molecule has 3 rings (SSSR count). The predicted molar refractivity (Wildman–Crippen MR) is 106 cm³/mol. The summed E-state index contributed by atoms with van der Waals surface area (Å²) in [5.74, 6) is 0.898. The van der Waals surface area contributed by atoms with Crippen molar-refractivity contribution in [2.75, 3.05) is 13.7 Å². The van der Waals surface area contributed by atoms with Crippen LogP contribution in [0.4, 0.5) is 0 Å². The van der Waals surface area contributed by atoms with Gasteiger partial charge in [0, 0.05) is 17.8 Å². The second-order valence-corrected chi connectivity index (χ2v) is 7.44. The van der Waals surface area contributed by atoms with Crippen LogP contribution in [0.3, 0.4) is 0 Å². The summed E-state index contributed by atoms with van der Waals surface area (Å²) in [6.45, 7) is 4.82. The molecule has 0 spiro atoms. The van der Waals surface area contributed by atoms with Crippen molar-refractivity contribution in [3.05, 3.63) is 57.0 Å². The minimum absolute atomic E-state index is 0.602. The summed E-state index contributed by atoms with van der Waals surface area (Å²) in [5, 5.41) is 10.5. The van der Waals surface area contributed by atoms with Crippen molar-refractivity contribution in [2.24, 2.45) is 0 Å². The Balaban J connectivity index is 1.55. The average molecular weight is 390 g/mol. The van der Waals surface area contributed by atoms with Crippen LogP contribution in [0.5, 0.6) is 5.75 Å². The molecule has 0 unspecified atom stereocenters. The Hall–Kier alpha value is -2.03. The lowest BCUT2D eigenvalue weighted by Crippen LogP contribution is -2.22. The van der Waals surface area contributed by atoms with Crippen molar-refractivity contribution in [1.29, 1.82) is 0 Å². The number of benzene rings is 1. The zero-order valence-corrected chi connectivity index (χ0v) is 16.7. The third-order valence-electron chi connectivity index (χ3n) is 3.91. The highest BCUT2D eigenvalue weighted by atomic mass is 32.1. The summed E-state index contributed by atoms with van der Waals surface area (Å²) < 4.78 is 9.68. The topological polar surface area (TPSA) is 48.1 Å². The lowest BCUT2D eigenvalue weighted by molar-refractivity contribution is 0.241. The average Bonchev–Trinajstić information content (AvgIpc) is 3.26. The van der Waals surface area contributed by atoms with Crippen LogP contribution in [0, 0.1) is 4.77 Å². The fourth-order valence-corrected chi connectivity index (χ4v) is 3.57. The van der Waals surface area contributed by atoms with Crippen LogP contribution < -0.4 is 4.74 Å². The van der Waals surface area contributed by atoms with Gasteiger partial charge in [0.2, 0.25) is 4.77 Å². The smallest absolute Gasteiger partial charge is 0.217 e. The standard InChI is InChI=1S/C18H23N5OS2/c1-3-24-16-8-6-15(7-9-16)13-21(2)14-23-18(25)22(19-20-23)11-10-17-5-4-12-26-17/h4-9,12H,3,10-11,13-14H2,1-2H3. The van der Waals surface area contributed by atoms with Gasteiger partial charge >= 0.3 is 0 Å². The fourth-order valence-electron chi connectivity index (χ4n) is 2.65. The van der Waals surface area contributed by atoms with Gasteiger partial charge in [-0.25, -0.2) is 9.36 Å². The molecule has 0 aliphatic carbocycles. The van der Waals surface area contributed by atoms with E-state index in [1.807, 2.05) is 26.1 Å². The van der Waals surface area contributed by atoms with Gasteiger partial charge in [0.25, 0.3) is 0 Å². The van der Waals surface area contributed by atoms with Crippen molar-refractivity contribution in [3.63, 3.8) is 0 Å². The number of aryl methyl sites for hydroxylation is 2. The lowest BCUT2D eigenvalue weighted by atomic mass is 10.2. The molecule has 3 aromatic rings. The van der Waals surface area contributed by atoms with Crippen LogP contribution in [0.15, 0.2) is 41.8 Å². The highest BCUT2D eigenvalue weighted by Gasteiger charge is 2.08. The van der Waals surface area contributed by atoms with Gasteiger partial charge in [-0.05, 0) is 65.8 Å². The van der Waals surface area contributed by atoms with E-state index in [1.54, 1.807) is 20.7 Å². The van der Waals surface area contributed by atoms with Crippen molar-refractivity contribution in [2.45, 2.75) is 33.1 Å². The van der Waals surface area contributed by atoms with E-state index in [9.17, 15) is 0 Å². The Morgan fingerprint density at radius 3 is 2.62 bits per heavy atom. The summed E-state index contributed by atoms with van der Waals surface area (Å²) >= 11 is 7.26. The van der Waals surface area contributed by atoms with Crippen molar-refractivity contribution >= 4 is 23.6 Å². The molecule has 0 aliphatic rings. The van der Waals surface area contributed by atoms with Gasteiger partial charge in [0.05, 0.1) is 19.8 Å². The third-order valence-corrected chi connectivity index (χ3v) is 5.27. The Morgan fingerprint density at radius 2 is 1.92 bits per heavy atom. The van der Waals surface area contributed by atoms with E-state index in [2.05, 4.69) is 45.0 Å². The van der Waals surface area contributed by atoms with E-state index in [0.717, 1.165) is 25.3 Å². The minimum atomic E-state index is 0.602. The Labute approximate surface area is 162 Å². The van der Waals surface area contributed by atoms with Crippen LogP contribution >= 0.6 is 23.6 Å². The minimum Gasteiger partial charge on any atom is -0.494 e. The maximum Gasteiger partial charge on any atom is 0.217 e. The summed E-state index contributed by atoms with van der Waals surface area (Å²) in [5.41, 5.74) is 1.22. The maximum atomic E-state index is 5.51. The fraction of sp³-hybridized carbons (Fsp3) is 0.389. The second kappa shape index (κ2) is 9.07. The van der Waals surface area contributed by atoms with Crippen LogP contribution in [0.2, 0.25) is 0 Å². The molecule has 6 nitrogen and oxygen atoms in total. The summed E-state index contributed by atoms with van der Waals surface area (Å²) in [4.78, 5) is 3.48. The highest BCUT2D eigenvalue weighted by molar-refractivity contribution is 7.71. The van der Waals surface area contributed by atoms with Crippen LogP contribution in [0.25, 0.3) is 0 Å². The number of hydrogen-bond acceptors (Lipinski definition) is 6. The maximum absolute atomic E-state index is 5.51. The molecule has 0 bridgehead atoms. The number of rotatable bonds is 9. The monoisotopic (exact) mass is 389 g/mol. The van der Waals surface area contributed by atoms with Crippen molar-refractivity contribution in [1.82, 2.24) is 24.7 Å². The largest absolute Gasteiger partial charge is 0.494 e. The molecular weight excluding hydrogens is 366 g/mol. The molecule has 0 atom stereocenters. The van der Waals surface area contributed by atoms with Crippen LogP contribution in [0.1, 0.15) is 17.4 Å². The quantitative estimate of drug-likeness (QED) is 0.523. The van der Waals surface area contributed by atoms with E-state index < -0.39 is 0 Å². The number of hydrogen-bond donors (Lipinski definition) is 0. The Kier molecular flexibility index (Phi) is 6.54. The zero-order chi connectivity index (χ0) is 18.4. The molecule has 2 heterocycles. The molecule has 0 saturated heterocycles. The first kappa shape index (κ1) is 18.8. The molecule has 8 heteroatoms. The molecule has 0 N–H and O–H groups in total. The second-order valence-electron chi connectivity index (χ2n) is 6.05.